The third kappa shape index (κ3) is 4.74. The molecule has 0 amide bonds. The van der Waals surface area contributed by atoms with Crippen molar-refractivity contribution in [3.63, 3.8) is 0 Å². The standard InChI is InChI=1S/C25H19NO7/c1-3-30-24(28)16-6-8-18(9-7-16)32-23-15(2)31-21-13-19(10-11-20(21)22(23)27)33-25(29)17-5-4-12-26-14-17/h4-14H,3H2,1-2H3. The molecule has 4 aromatic rings. The van der Waals surface area contributed by atoms with Crippen molar-refractivity contribution in [1.29, 1.82) is 0 Å². The first-order valence-electron chi connectivity index (χ1n) is 10.1. The topological polar surface area (TPSA) is 105 Å². The highest BCUT2D eigenvalue weighted by Gasteiger charge is 2.16. The van der Waals surface area contributed by atoms with E-state index in [-0.39, 0.29) is 40.3 Å². The average molecular weight is 445 g/mol. The van der Waals surface area contributed by atoms with Gasteiger partial charge in [0, 0.05) is 18.5 Å². The zero-order chi connectivity index (χ0) is 23.4. The molecule has 2 aromatic heterocycles. The van der Waals surface area contributed by atoms with Gasteiger partial charge in [0.25, 0.3) is 0 Å². The number of fused-ring (bicyclic) bond motifs is 1. The second kappa shape index (κ2) is 9.35. The summed E-state index contributed by atoms with van der Waals surface area (Å²) in [7, 11) is 0. The van der Waals surface area contributed by atoms with Crippen LogP contribution in [0.15, 0.2) is 76.2 Å². The molecule has 0 atom stereocenters. The van der Waals surface area contributed by atoms with Gasteiger partial charge in [-0.1, -0.05) is 0 Å². The van der Waals surface area contributed by atoms with Crippen LogP contribution in [0.2, 0.25) is 0 Å². The van der Waals surface area contributed by atoms with Crippen LogP contribution in [-0.2, 0) is 4.74 Å². The van der Waals surface area contributed by atoms with Gasteiger partial charge in [-0.05, 0) is 62.4 Å². The Morgan fingerprint density at radius 2 is 1.73 bits per heavy atom. The summed E-state index contributed by atoms with van der Waals surface area (Å²) in [5, 5.41) is 0.264. The van der Waals surface area contributed by atoms with Crippen molar-refractivity contribution in [2.24, 2.45) is 0 Å². The molecule has 0 fully saturated rings. The van der Waals surface area contributed by atoms with Gasteiger partial charge in [0.1, 0.15) is 22.8 Å². The number of aromatic nitrogens is 1. The van der Waals surface area contributed by atoms with E-state index in [1.165, 1.54) is 24.4 Å². The summed E-state index contributed by atoms with van der Waals surface area (Å²) in [5.41, 5.74) is 0.542. The maximum atomic E-state index is 13.0. The molecule has 8 nitrogen and oxygen atoms in total. The lowest BCUT2D eigenvalue weighted by Gasteiger charge is -2.10. The Morgan fingerprint density at radius 1 is 0.970 bits per heavy atom. The zero-order valence-corrected chi connectivity index (χ0v) is 17.9. The normalized spacial score (nSPS) is 10.6. The summed E-state index contributed by atoms with van der Waals surface area (Å²) in [4.78, 5) is 40.9. The van der Waals surface area contributed by atoms with E-state index in [0.717, 1.165) is 0 Å². The number of ether oxygens (including phenoxy) is 3. The minimum Gasteiger partial charge on any atom is -0.462 e. The zero-order valence-electron chi connectivity index (χ0n) is 17.9. The van der Waals surface area contributed by atoms with Crippen LogP contribution in [0.4, 0.5) is 0 Å². The Morgan fingerprint density at radius 3 is 2.42 bits per heavy atom. The molecule has 0 bridgehead atoms. The summed E-state index contributed by atoms with van der Waals surface area (Å²) in [6, 6.07) is 13.9. The lowest BCUT2D eigenvalue weighted by molar-refractivity contribution is 0.0526. The van der Waals surface area contributed by atoms with Crippen molar-refractivity contribution in [3.8, 4) is 17.2 Å². The third-order valence-electron chi connectivity index (χ3n) is 4.68. The number of carbonyl (C=O) groups is 2. The van der Waals surface area contributed by atoms with Crippen molar-refractivity contribution < 1.29 is 28.2 Å². The second-order valence-corrected chi connectivity index (χ2v) is 6.95. The Bertz CT molecular complexity index is 1380. The molecule has 2 aromatic carbocycles. The highest BCUT2D eigenvalue weighted by atomic mass is 16.5. The number of aryl methyl sites for hydroxylation is 1. The number of hydrogen-bond acceptors (Lipinski definition) is 8. The molecule has 0 unspecified atom stereocenters. The Balaban J connectivity index is 1.58. The van der Waals surface area contributed by atoms with Gasteiger partial charge in [-0.3, -0.25) is 9.78 Å². The van der Waals surface area contributed by atoms with E-state index in [1.807, 2.05) is 0 Å². The molecule has 0 aliphatic heterocycles. The second-order valence-electron chi connectivity index (χ2n) is 6.95. The Labute approximate surface area is 188 Å². The quantitative estimate of drug-likeness (QED) is 0.311. The number of esters is 2. The van der Waals surface area contributed by atoms with E-state index >= 15 is 0 Å². The SMILES string of the molecule is CCOC(=O)c1ccc(Oc2c(C)oc3cc(OC(=O)c4cccnc4)ccc3c2=O)cc1. The summed E-state index contributed by atoms with van der Waals surface area (Å²) in [6.45, 7) is 3.60. The fourth-order valence-electron chi connectivity index (χ4n) is 3.09. The van der Waals surface area contributed by atoms with E-state index in [4.69, 9.17) is 18.6 Å². The highest BCUT2D eigenvalue weighted by Crippen LogP contribution is 2.28. The van der Waals surface area contributed by atoms with E-state index in [1.54, 1.807) is 56.4 Å². The van der Waals surface area contributed by atoms with E-state index < -0.39 is 11.9 Å². The number of hydrogen-bond donors (Lipinski definition) is 0. The highest BCUT2D eigenvalue weighted by molar-refractivity contribution is 5.91. The minimum absolute atomic E-state index is 0.0199. The molecule has 4 rings (SSSR count). The first kappa shape index (κ1) is 21.8. The van der Waals surface area contributed by atoms with Crippen LogP contribution in [0.5, 0.6) is 17.2 Å². The van der Waals surface area contributed by atoms with Crippen molar-refractivity contribution in [1.82, 2.24) is 4.98 Å². The fourth-order valence-corrected chi connectivity index (χ4v) is 3.09. The largest absolute Gasteiger partial charge is 0.462 e. The molecule has 8 heteroatoms. The van der Waals surface area contributed by atoms with Gasteiger partial charge in [-0.15, -0.1) is 0 Å². The van der Waals surface area contributed by atoms with Crippen LogP contribution in [-0.4, -0.2) is 23.5 Å². The van der Waals surface area contributed by atoms with Crippen LogP contribution in [0.25, 0.3) is 11.0 Å². The molecule has 0 aliphatic carbocycles. The minimum atomic E-state index is -0.576. The third-order valence-corrected chi connectivity index (χ3v) is 4.68. The van der Waals surface area contributed by atoms with Gasteiger partial charge in [0.2, 0.25) is 11.2 Å². The maximum Gasteiger partial charge on any atom is 0.345 e. The molecule has 0 saturated carbocycles. The molecular weight excluding hydrogens is 426 g/mol. The molecule has 0 N–H and O–H groups in total. The number of nitrogens with zero attached hydrogens (tertiary/aromatic N) is 1. The summed E-state index contributed by atoms with van der Waals surface area (Å²) >= 11 is 0. The van der Waals surface area contributed by atoms with E-state index in [0.29, 0.717) is 16.9 Å². The lowest BCUT2D eigenvalue weighted by Crippen LogP contribution is -2.10. The van der Waals surface area contributed by atoms with Gasteiger partial charge in [0.05, 0.1) is 23.1 Å². The van der Waals surface area contributed by atoms with Crippen LogP contribution in [0.3, 0.4) is 0 Å². The molecule has 0 spiro atoms. The Hall–Kier alpha value is -4.46. The molecule has 0 aliphatic rings. The molecule has 166 valence electrons. The monoisotopic (exact) mass is 445 g/mol. The number of carbonyl (C=O) groups excluding carboxylic acids is 2. The van der Waals surface area contributed by atoms with E-state index in [2.05, 4.69) is 4.98 Å². The predicted octanol–water partition coefficient (Wildman–Crippen LogP) is 4.68. The van der Waals surface area contributed by atoms with Crippen molar-refractivity contribution in [3.05, 3.63) is 94.1 Å². The molecular formula is C25H19NO7. The average Bonchev–Trinajstić information content (AvgIpc) is 2.82. The molecule has 33 heavy (non-hydrogen) atoms. The summed E-state index contributed by atoms with van der Waals surface area (Å²) in [6.07, 6.45) is 2.95. The van der Waals surface area contributed by atoms with Crippen LogP contribution in [0.1, 0.15) is 33.4 Å². The maximum absolute atomic E-state index is 13.0. The summed E-state index contributed by atoms with van der Waals surface area (Å²) < 4.78 is 21.8. The van der Waals surface area contributed by atoms with Gasteiger partial charge in [0.15, 0.2) is 0 Å². The van der Waals surface area contributed by atoms with Crippen LogP contribution >= 0.6 is 0 Å². The lowest BCUT2D eigenvalue weighted by atomic mass is 10.2. The van der Waals surface area contributed by atoms with Gasteiger partial charge in [-0.2, -0.15) is 0 Å². The van der Waals surface area contributed by atoms with Gasteiger partial charge < -0.3 is 18.6 Å². The Kier molecular flexibility index (Phi) is 6.17. The van der Waals surface area contributed by atoms with Crippen molar-refractivity contribution >= 4 is 22.9 Å². The van der Waals surface area contributed by atoms with Gasteiger partial charge in [-0.25, -0.2) is 9.59 Å². The molecule has 0 saturated heterocycles. The first-order chi connectivity index (χ1) is 16.0. The number of pyridine rings is 1. The summed E-state index contributed by atoms with van der Waals surface area (Å²) in [5.74, 6) is -0.163. The van der Waals surface area contributed by atoms with Gasteiger partial charge >= 0.3 is 11.9 Å². The number of benzene rings is 2. The van der Waals surface area contributed by atoms with Crippen molar-refractivity contribution in [2.75, 3.05) is 6.61 Å². The first-order valence-corrected chi connectivity index (χ1v) is 10.1. The fraction of sp³-hybridized carbons (Fsp3) is 0.120. The van der Waals surface area contributed by atoms with E-state index in [9.17, 15) is 14.4 Å². The van der Waals surface area contributed by atoms with Crippen LogP contribution < -0.4 is 14.9 Å². The smallest absolute Gasteiger partial charge is 0.345 e. The van der Waals surface area contributed by atoms with Crippen molar-refractivity contribution in [2.45, 2.75) is 13.8 Å². The molecule has 2 heterocycles. The van der Waals surface area contributed by atoms with Crippen LogP contribution in [0, 0.1) is 6.92 Å². The predicted molar refractivity (Wildman–Crippen MR) is 119 cm³/mol. The number of rotatable bonds is 6. The molecule has 0 radical (unpaired) electrons.